The average Bonchev–Trinajstić information content (AvgIpc) is 3.47. The van der Waals surface area contributed by atoms with Crippen LogP contribution >= 0.6 is 0 Å². The lowest BCUT2D eigenvalue weighted by Crippen LogP contribution is -2.11. The van der Waals surface area contributed by atoms with Gasteiger partial charge < -0.3 is 0 Å². The van der Waals surface area contributed by atoms with E-state index in [2.05, 4.69) is 185 Å². The van der Waals surface area contributed by atoms with E-state index in [1.54, 1.807) is 0 Å². The quantitative estimate of drug-likeness (QED) is 0.169. The van der Waals surface area contributed by atoms with Crippen LogP contribution in [0.4, 0.5) is 0 Å². The van der Waals surface area contributed by atoms with Crippen molar-refractivity contribution in [2.45, 2.75) is 26.2 Å². The molecule has 9 aromatic carbocycles. The van der Waals surface area contributed by atoms with E-state index in [0.717, 1.165) is 0 Å². The number of hydrogen-bond acceptors (Lipinski definition) is 0. The van der Waals surface area contributed by atoms with E-state index >= 15 is 0 Å². The van der Waals surface area contributed by atoms with Gasteiger partial charge in [0.05, 0.1) is 0 Å². The van der Waals surface area contributed by atoms with Crippen LogP contribution in [-0.2, 0) is 5.41 Å². The normalized spacial score (nSPS) is 12.3. The summed E-state index contributed by atoms with van der Waals surface area (Å²) in [7, 11) is 0. The van der Waals surface area contributed by atoms with E-state index in [1.807, 2.05) is 0 Å². The monoisotopic (exact) mass is 636 g/mol. The minimum atomic E-state index is 0.0581. The van der Waals surface area contributed by atoms with Gasteiger partial charge in [-0.05, 0) is 140 Å². The lowest BCUT2D eigenvalue weighted by molar-refractivity contribution is 0.596. The lowest BCUT2D eigenvalue weighted by atomic mass is 9.82. The van der Waals surface area contributed by atoms with Crippen molar-refractivity contribution in [2.75, 3.05) is 0 Å². The van der Waals surface area contributed by atoms with Crippen molar-refractivity contribution in [3.63, 3.8) is 0 Å². The predicted molar refractivity (Wildman–Crippen MR) is 216 cm³/mol. The lowest BCUT2D eigenvalue weighted by Gasteiger charge is -2.22. The van der Waals surface area contributed by atoms with Crippen LogP contribution in [0.15, 0.2) is 164 Å². The minimum absolute atomic E-state index is 0.0581. The van der Waals surface area contributed by atoms with Gasteiger partial charge in [-0.25, -0.2) is 0 Å². The molecular formula is C50H36. The molecule has 0 atom stereocenters. The van der Waals surface area contributed by atoms with Crippen LogP contribution in [0.2, 0.25) is 0 Å². The molecule has 9 aromatic rings. The molecule has 0 N–H and O–H groups in total. The van der Waals surface area contributed by atoms with Gasteiger partial charge in [-0.1, -0.05) is 154 Å². The Kier molecular flexibility index (Phi) is 6.24. The first-order chi connectivity index (χ1) is 24.4. The van der Waals surface area contributed by atoms with E-state index < -0.39 is 0 Å². The largest absolute Gasteiger partial charge is 0.0622 e. The van der Waals surface area contributed by atoms with Crippen LogP contribution in [-0.4, -0.2) is 0 Å². The summed E-state index contributed by atoms with van der Waals surface area (Å²) in [5, 5.41) is 10.5. The molecule has 50 heavy (non-hydrogen) atoms. The zero-order valence-electron chi connectivity index (χ0n) is 28.6. The van der Waals surface area contributed by atoms with Gasteiger partial charge in [0.25, 0.3) is 0 Å². The molecule has 0 nitrogen and oxygen atoms in total. The van der Waals surface area contributed by atoms with E-state index in [9.17, 15) is 0 Å². The van der Waals surface area contributed by atoms with Gasteiger partial charge in [0.2, 0.25) is 0 Å². The summed E-state index contributed by atoms with van der Waals surface area (Å²) < 4.78 is 0. The highest BCUT2D eigenvalue weighted by Gasteiger charge is 2.27. The molecule has 0 radical (unpaired) electrons. The molecule has 0 fully saturated rings. The first-order valence-electron chi connectivity index (χ1n) is 17.7. The van der Waals surface area contributed by atoms with Gasteiger partial charge in [-0.2, -0.15) is 0 Å². The summed E-state index contributed by atoms with van der Waals surface area (Å²) in [6.45, 7) is 6.97. The fraction of sp³-hybridized carbons (Fsp3) is 0.0800. The SMILES string of the molecule is CC(C)(C)c1ccc2c3c(cccc13)-c1cc3c(-c4ccccc4)cc4c5ccc(-c6ccccc6)cc5c(-c5ccccc5)cc4c3cc1-2. The first-order valence-corrected chi connectivity index (χ1v) is 17.7. The Morgan fingerprint density at radius 2 is 0.780 bits per heavy atom. The highest BCUT2D eigenvalue weighted by molar-refractivity contribution is 6.27. The highest BCUT2D eigenvalue weighted by Crippen LogP contribution is 2.52. The molecule has 0 spiro atoms. The third-order valence-corrected chi connectivity index (χ3v) is 10.9. The molecule has 0 heteroatoms. The van der Waals surface area contributed by atoms with Crippen LogP contribution < -0.4 is 0 Å². The molecule has 0 saturated carbocycles. The topological polar surface area (TPSA) is 0 Å². The molecule has 10 rings (SSSR count). The second-order valence-electron chi connectivity index (χ2n) is 14.9. The van der Waals surface area contributed by atoms with Crippen LogP contribution in [0.3, 0.4) is 0 Å². The number of fused-ring (bicyclic) bond motifs is 8. The molecule has 1 aliphatic rings. The zero-order chi connectivity index (χ0) is 33.6. The molecule has 0 aromatic heterocycles. The first kappa shape index (κ1) is 29.0. The number of rotatable bonds is 3. The molecular weight excluding hydrogens is 601 g/mol. The van der Waals surface area contributed by atoms with Gasteiger partial charge in [-0.15, -0.1) is 0 Å². The Labute approximate surface area is 293 Å². The van der Waals surface area contributed by atoms with Crippen molar-refractivity contribution in [3.05, 3.63) is 169 Å². The molecule has 0 bridgehead atoms. The maximum absolute atomic E-state index is 2.50. The summed E-state index contributed by atoms with van der Waals surface area (Å²) in [6.07, 6.45) is 0. The van der Waals surface area contributed by atoms with E-state index in [1.165, 1.54) is 104 Å². The third kappa shape index (κ3) is 4.31. The third-order valence-electron chi connectivity index (χ3n) is 10.9. The van der Waals surface area contributed by atoms with Crippen LogP contribution in [0, 0.1) is 0 Å². The van der Waals surface area contributed by atoms with Gasteiger partial charge in [-0.3, -0.25) is 0 Å². The van der Waals surface area contributed by atoms with Crippen LogP contribution in [0.1, 0.15) is 26.3 Å². The molecule has 236 valence electrons. The summed E-state index contributed by atoms with van der Waals surface area (Å²) in [6, 6.07) is 61.2. The molecule has 0 unspecified atom stereocenters. The fourth-order valence-electron chi connectivity index (χ4n) is 8.57. The van der Waals surface area contributed by atoms with Crippen molar-refractivity contribution < 1.29 is 0 Å². The summed E-state index contributed by atoms with van der Waals surface area (Å²) in [5.41, 5.74) is 14.3. The van der Waals surface area contributed by atoms with Gasteiger partial charge in [0.15, 0.2) is 0 Å². The average molecular weight is 637 g/mol. The second kappa shape index (κ2) is 10.8. The van der Waals surface area contributed by atoms with Crippen LogP contribution in [0.25, 0.3) is 98.7 Å². The Morgan fingerprint density at radius 3 is 1.40 bits per heavy atom. The van der Waals surface area contributed by atoms with Crippen molar-refractivity contribution in [3.8, 4) is 55.6 Å². The maximum Gasteiger partial charge on any atom is -0.00234 e. The van der Waals surface area contributed by atoms with Crippen molar-refractivity contribution in [1.29, 1.82) is 0 Å². The predicted octanol–water partition coefficient (Wildman–Crippen LogP) is 14.2. The Hall–Kier alpha value is -5.98. The smallest absolute Gasteiger partial charge is 0.00234 e. The maximum atomic E-state index is 2.50. The van der Waals surface area contributed by atoms with Crippen molar-refractivity contribution in [2.24, 2.45) is 0 Å². The highest BCUT2D eigenvalue weighted by atomic mass is 14.3. The summed E-state index contributed by atoms with van der Waals surface area (Å²) in [4.78, 5) is 0. The number of benzene rings is 9. The summed E-state index contributed by atoms with van der Waals surface area (Å²) in [5.74, 6) is 0. The minimum Gasteiger partial charge on any atom is -0.0622 e. The van der Waals surface area contributed by atoms with E-state index in [-0.39, 0.29) is 5.41 Å². The Balaban J connectivity index is 1.35. The summed E-state index contributed by atoms with van der Waals surface area (Å²) >= 11 is 0. The fourth-order valence-corrected chi connectivity index (χ4v) is 8.57. The molecule has 0 saturated heterocycles. The Bertz CT molecular complexity index is 2800. The van der Waals surface area contributed by atoms with Gasteiger partial charge in [0.1, 0.15) is 0 Å². The molecule has 0 amide bonds. The molecule has 0 aliphatic heterocycles. The van der Waals surface area contributed by atoms with E-state index in [0.29, 0.717) is 0 Å². The molecule has 0 heterocycles. The van der Waals surface area contributed by atoms with Gasteiger partial charge >= 0.3 is 0 Å². The number of hydrogen-bond donors (Lipinski definition) is 0. The molecule has 1 aliphatic carbocycles. The van der Waals surface area contributed by atoms with E-state index in [4.69, 9.17) is 0 Å². The van der Waals surface area contributed by atoms with Gasteiger partial charge in [0, 0.05) is 0 Å². The zero-order valence-corrected chi connectivity index (χ0v) is 28.6. The van der Waals surface area contributed by atoms with Crippen molar-refractivity contribution >= 4 is 43.1 Å². The Morgan fingerprint density at radius 1 is 0.280 bits per heavy atom. The second-order valence-corrected chi connectivity index (χ2v) is 14.9. The van der Waals surface area contributed by atoms with Crippen LogP contribution in [0.5, 0.6) is 0 Å². The standard InChI is InChI=1S/C50H36/c1-50(2,3)48-25-24-37-44-30-47-45(29-43(44)36-20-13-21-38(48)49(36)37)40(33-18-11-6-12-19-33)27-42-35-23-22-34(31-14-7-4-8-15-31)26-41(35)39(28-46(42)47)32-16-9-5-10-17-32/h4-30H,1-3H3. The van der Waals surface area contributed by atoms with Crippen molar-refractivity contribution in [1.82, 2.24) is 0 Å².